The molecule has 3 aromatic rings. The molecule has 0 spiro atoms. The standard InChI is InChI=1S/C26H30F4N6/c1-17-11-19-12-18(23-7-9-32-34-23)3-5-22(19)25(36(17)16-26(28,29)30)24-6-4-20(13-31-24)33-21-14-35(15-21)10-2-8-27/h3-7,9,12-13,17,21,25,33H,2,8,10-11,14-16H2,1H3,(H,32,34). The first kappa shape index (κ1) is 24.7. The number of alkyl halides is 4. The minimum absolute atomic E-state index is 0.259. The van der Waals surface area contributed by atoms with Gasteiger partial charge in [0.25, 0.3) is 0 Å². The molecule has 2 aliphatic rings. The summed E-state index contributed by atoms with van der Waals surface area (Å²) in [6.07, 6.45) is 0.180. The zero-order chi connectivity index (χ0) is 25.3. The summed E-state index contributed by atoms with van der Waals surface area (Å²) in [5.74, 6) is 0. The molecule has 0 aliphatic carbocycles. The predicted molar refractivity (Wildman–Crippen MR) is 130 cm³/mol. The van der Waals surface area contributed by atoms with Crippen molar-refractivity contribution in [3.05, 3.63) is 65.6 Å². The van der Waals surface area contributed by atoms with E-state index < -0.39 is 18.8 Å². The number of fused-ring (bicyclic) bond motifs is 1. The van der Waals surface area contributed by atoms with Crippen molar-refractivity contribution in [1.82, 2.24) is 25.0 Å². The van der Waals surface area contributed by atoms with E-state index in [0.717, 1.165) is 47.7 Å². The third-order valence-corrected chi connectivity index (χ3v) is 7.01. The highest BCUT2D eigenvalue weighted by molar-refractivity contribution is 5.61. The SMILES string of the molecule is CC1Cc2cc(-c3cc[nH]n3)ccc2C(c2ccc(NC3CN(CCCF)C3)cn2)N1CC(F)(F)F. The number of likely N-dealkylation sites (tertiary alicyclic amines) is 1. The second-order valence-corrected chi connectivity index (χ2v) is 9.73. The van der Waals surface area contributed by atoms with Gasteiger partial charge in [-0.3, -0.25) is 24.3 Å². The lowest BCUT2D eigenvalue weighted by molar-refractivity contribution is -0.155. The van der Waals surface area contributed by atoms with E-state index in [1.54, 1.807) is 12.4 Å². The first-order valence-corrected chi connectivity index (χ1v) is 12.3. The van der Waals surface area contributed by atoms with Crippen LogP contribution in [-0.2, 0) is 6.42 Å². The number of anilines is 1. The fourth-order valence-corrected chi connectivity index (χ4v) is 5.30. The molecule has 1 fully saturated rings. The first-order chi connectivity index (χ1) is 17.3. The fraction of sp³-hybridized carbons (Fsp3) is 0.462. The van der Waals surface area contributed by atoms with E-state index in [2.05, 4.69) is 25.4 Å². The molecule has 2 aliphatic heterocycles. The summed E-state index contributed by atoms with van der Waals surface area (Å²) >= 11 is 0. The highest BCUT2D eigenvalue weighted by atomic mass is 19.4. The third-order valence-electron chi connectivity index (χ3n) is 7.01. The number of benzene rings is 1. The van der Waals surface area contributed by atoms with Gasteiger partial charge in [-0.2, -0.15) is 18.3 Å². The van der Waals surface area contributed by atoms with Crippen LogP contribution in [-0.4, -0.2) is 76.1 Å². The number of pyridine rings is 1. The Morgan fingerprint density at radius 1 is 1.14 bits per heavy atom. The van der Waals surface area contributed by atoms with Crippen LogP contribution >= 0.6 is 0 Å². The minimum atomic E-state index is -4.32. The molecule has 0 bridgehead atoms. The van der Waals surface area contributed by atoms with Gasteiger partial charge in [-0.05, 0) is 55.2 Å². The molecule has 0 amide bonds. The number of aromatic nitrogens is 3. The van der Waals surface area contributed by atoms with Gasteiger partial charge in [0.2, 0.25) is 0 Å². The van der Waals surface area contributed by atoms with Gasteiger partial charge in [0.1, 0.15) is 0 Å². The number of H-pyrrole nitrogens is 1. The molecule has 2 unspecified atom stereocenters. The number of hydrogen-bond acceptors (Lipinski definition) is 5. The van der Waals surface area contributed by atoms with E-state index >= 15 is 0 Å². The van der Waals surface area contributed by atoms with E-state index in [4.69, 9.17) is 0 Å². The van der Waals surface area contributed by atoms with Gasteiger partial charge >= 0.3 is 6.18 Å². The topological polar surface area (TPSA) is 60.1 Å². The van der Waals surface area contributed by atoms with Crippen LogP contribution in [0.2, 0.25) is 0 Å². The van der Waals surface area contributed by atoms with Crippen LogP contribution in [0.25, 0.3) is 11.3 Å². The average Bonchev–Trinajstić information content (AvgIpc) is 3.35. The van der Waals surface area contributed by atoms with Crippen molar-refractivity contribution >= 4 is 5.69 Å². The fourth-order valence-electron chi connectivity index (χ4n) is 5.30. The van der Waals surface area contributed by atoms with Crippen LogP contribution in [0.1, 0.15) is 36.2 Å². The van der Waals surface area contributed by atoms with Crippen molar-refractivity contribution in [1.29, 1.82) is 0 Å². The summed E-state index contributed by atoms with van der Waals surface area (Å²) in [6, 6.07) is 10.8. The average molecular weight is 503 g/mol. The van der Waals surface area contributed by atoms with E-state index in [-0.39, 0.29) is 18.8 Å². The molecule has 36 heavy (non-hydrogen) atoms. The molecule has 2 N–H and O–H groups in total. The molecule has 2 atom stereocenters. The number of nitrogens with one attached hydrogen (secondary N) is 2. The molecule has 5 rings (SSSR count). The zero-order valence-corrected chi connectivity index (χ0v) is 20.1. The number of hydrogen-bond donors (Lipinski definition) is 2. The van der Waals surface area contributed by atoms with Gasteiger partial charge in [-0.1, -0.05) is 12.1 Å². The third kappa shape index (κ3) is 5.39. The lowest BCUT2D eigenvalue weighted by Crippen LogP contribution is -2.54. The Kier molecular flexibility index (Phi) is 6.98. The van der Waals surface area contributed by atoms with Crippen LogP contribution in [0.5, 0.6) is 0 Å². The molecule has 4 heterocycles. The molecule has 1 saturated heterocycles. The Morgan fingerprint density at radius 3 is 2.64 bits per heavy atom. The molecule has 0 saturated carbocycles. The summed E-state index contributed by atoms with van der Waals surface area (Å²) in [5.41, 5.74) is 4.99. The van der Waals surface area contributed by atoms with Gasteiger partial charge in [-0.25, -0.2) is 0 Å². The predicted octanol–water partition coefficient (Wildman–Crippen LogP) is 4.83. The molecular weight excluding hydrogens is 472 g/mol. The molecule has 10 heteroatoms. The summed E-state index contributed by atoms with van der Waals surface area (Å²) in [5, 5.41) is 10.5. The maximum absolute atomic E-state index is 13.6. The first-order valence-electron chi connectivity index (χ1n) is 12.3. The molecule has 1 aromatic carbocycles. The normalized spacial score (nSPS) is 21.2. The minimum Gasteiger partial charge on any atom is -0.378 e. The number of aromatic amines is 1. The summed E-state index contributed by atoms with van der Waals surface area (Å²) in [7, 11) is 0. The van der Waals surface area contributed by atoms with Crippen molar-refractivity contribution in [2.24, 2.45) is 0 Å². The van der Waals surface area contributed by atoms with Crippen molar-refractivity contribution in [2.45, 2.75) is 44.1 Å². The Bertz CT molecular complexity index is 1140. The van der Waals surface area contributed by atoms with Crippen molar-refractivity contribution < 1.29 is 17.6 Å². The summed E-state index contributed by atoms with van der Waals surface area (Å²) in [6.45, 7) is 2.96. The van der Waals surface area contributed by atoms with Gasteiger partial charge in [0.15, 0.2) is 0 Å². The van der Waals surface area contributed by atoms with Crippen molar-refractivity contribution in [3.63, 3.8) is 0 Å². The van der Waals surface area contributed by atoms with Crippen LogP contribution in [0.4, 0.5) is 23.2 Å². The molecule has 0 radical (unpaired) electrons. The summed E-state index contributed by atoms with van der Waals surface area (Å²) in [4.78, 5) is 8.30. The number of rotatable bonds is 8. The van der Waals surface area contributed by atoms with Gasteiger partial charge in [0, 0.05) is 37.4 Å². The smallest absolute Gasteiger partial charge is 0.378 e. The highest BCUT2D eigenvalue weighted by Crippen LogP contribution is 2.40. The van der Waals surface area contributed by atoms with Gasteiger partial charge in [-0.15, -0.1) is 0 Å². The monoisotopic (exact) mass is 502 g/mol. The highest BCUT2D eigenvalue weighted by Gasteiger charge is 2.41. The molecule has 192 valence electrons. The van der Waals surface area contributed by atoms with Crippen LogP contribution < -0.4 is 5.32 Å². The van der Waals surface area contributed by atoms with Crippen LogP contribution in [0.3, 0.4) is 0 Å². The summed E-state index contributed by atoms with van der Waals surface area (Å²) < 4.78 is 53.1. The van der Waals surface area contributed by atoms with E-state index in [1.165, 1.54) is 4.90 Å². The maximum Gasteiger partial charge on any atom is 0.401 e. The van der Waals surface area contributed by atoms with Gasteiger partial charge in [0.05, 0.1) is 48.6 Å². The lowest BCUT2D eigenvalue weighted by Gasteiger charge is -2.42. The van der Waals surface area contributed by atoms with E-state index in [9.17, 15) is 17.6 Å². The number of nitrogens with zero attached hydrogens (tertiary/aromatic N) is 4. The van der Waals surface area contributed by atoms with Crippen molar-refractivity contribution in [3.8, 4) is 11.3 Å². The quantitative estimate of drug-likeness (QED) is 0.433. The largest absolute Gasteiger partial charge is 0.401 e. The second-order valence-electron chi connectivity index (χ2n) is 9.73. The molecular formula is C26H30F4N6. The Morgan fingerprint density at radius 2 is 1.97 bits per heavy atom. The second kappa shape index (κ2) is 10.2. The van der Waals surface area contributed by atoms with E-state index in [0.29, 0.717) is 18.5 Å². The Labute approximate surface area is 207 Å². The number of halogens is 4. The Balaban J connectivity index is 1.39. The lowest BCUT2D eigenvalue weighted by atomic mass is 9.85. The Hall–Kier alpha value is -2.98. The molecule has 2 aromatic heterocycles. The van der Waals surface area contributed by atoms with Gasteiger partial charge < -0.3 is 5.32 Å². The van der Waals surface area contributed by atoms with E-state index in [1.807, 2.05) is 43.3 Å². The van der Waals surface area contributed by atoms with Crippen molar-refractivity contribution in [2.75, 3.05) is 38.2 Å². The maximum atomic E-state index is 13.6. The van der Waals surface area contributed by atoms with Crippen LogP contribution in [0, 0.1) is 0 Å². The molecule has 6 nitrogen and oxygen atoms in total. The zero-order valence-electron chi connectivity index (χ0n) is 20.1. The van der Waals surface area contributed by atoms with Crippen LogP contribution in [0.15, 0.2) is 48.8 Å².